The molecule has 0 aliphatic carbocycles. The summed E-state index contributed by atoms with van der Waals surface area (Å²) in [6.07, 6.45) is 1.92. The molecule has 0 atom stereocenters. The van der Waals surface area contributed by atoms with Gasteiger partial charge < -0.3 is 5.73 Å². The monoisotopic (exact) mass is 261 g/mol. The minimum absolute atomic E-state index is 0.434. The second kappa shape index (κ2) is 3.74. The standard InChI is InChI=1S/C12H12ClN5/c1-7-11(6-17(2)16-7)18-10-4-3-8(13)5-9(10)15-12(18)14/h3-6H,1-2H3,(H2,14,15). The van der Waals surface area contributed by atoms with Crippen LogP contribution in [0.3, 0.4) is 0 Å². The number of rotatable bonds is 1. The van der Waals surface area contributed by atoms with Gasteiger partial charge in [0, 0.05) is 18.3 Å². The van der Waals surface area contributed by atoms with Crippen LogP contribution in [-0.2, 0) is 7.05 Å². The maximum atomic E-state index is 5.99. The van der Waals surface area contributed by atoms with Crippen molar-refractivity contribution in [3.63, 3.8) is 0 Å². The summed E-state index contributed by atoms with van der Waals surface area (Å²) in [6.45, 7) is 1.94. The van der Waals surface area contributed by atoms with Crippen LogP contribution in [0.5, 0.6) is 0 Å². The molecule has 2 heterocycles. The molecule has 0 spiro atoms. The second-order valence-corrected chi connectivity index (χ2v) is 4.65. The summed E-state index contributed by atoms with van der Waals surface area (Å²) in [5.41, 5.74) is 9.52. The number of fused-ring (bicyclic) bond motifs is 1. The molecule has 18 heavy (non-hydrogen) atoms. The van der Waals surface area contributed by atoms with Crippen molar-refractivity contribution in [2.75, 3.05) is 5.73 Å². The predicted molar refractivity (Wildman–Crippen MR) is 72.0 cm³/mol. The van der Waals surface area contributed by atoms with Gasteiger partial charge in [-0.25, -0.2) is 4.98 Å². The Morgan fingerprint density at radius 3 is 2.78 bits per heavy atom. The topological polar surface area (TPSA) is 61.7 Å². The molecule has 92 valence electrons. The molecule has 1 aromatic carbocycles. The largest absolute Gasteiger partial charge is 0.369 e. The van der Waals surface area contributed by atoms with Crippen molar-refractivity contribution in [2.24, 2.45) is 7.05 Å². The first-order chi connectivity index (χ1) is 8.56. The van der Waals surface area contributed by atoms with E-state index in [2.05, 4.69) is 10.1 Å². The zero-order valence-electron chi connectivity index (χ0n) is 10.1. The Bertz CT molecular complexity index is 740. The SMILES string of the molecule is Cc1nn(C)cc1-n1c(N)nc2cc(Cl)ccc21. The van der Waals surface area contributed by atoms with Crippen LogP contribution in [0.25, 0.3) is 16.7 Å². The molecule has 0 fully saturated rings. The van der Waals surface area contributed by atoms with Crippen molar-refractivity contribution < 1.29 is 0 Å². The third-order valence-electron chi connectivity index (χ3n) is 2.87. The third-order valence-corrected chi connectivity index (χ3v) is 3.11. The second-order valence-electron chi connectivity index (χ2n) is 4.21. The van der Waals surface area contributed by atoms with E-state index in [0.29, 0.717) is 11.0 Å². The van der Waals surface area contributed by atoms with E-state index in [0.717, 1.165) is 22.4 Å². The van der Waals surface area contributed by atoms with Crippen LogP contribution in [-0.4, -0.2) is 19.3 Å². The molecule has 0 aliphatic heterocycles. The summed E-state index contributed by atoms with van der Waals surface area (Å²) < 4.78 is 3.64. The number of hydrogen-bond donors (Lipinski definition) is 1. The number of halogens is 1. The predicted octanol–water partition coefficient (Wildman–Crippen LogP) is 2.30. The van der Waals surface area contributed by atoms with Gasteiger partial charge >= 0.3 is 0 Å². The van der Waals surface area contributed by atoms with Gasteiger partial charge in [-0.3, -0.25) is 9.25 Å². The van der Waals surface area contributed by atoms with E-state index in [-0.39, 0.29) is 0 Å². The number of imidazole rings is 1. The van der Waals surface area contributed by atoms with Crippen LogP contribution in [0.4, 0.5) is 5.95 Å². The lowest BCUT2D eigenvalue weighted by molar-refractivity contribution is 0.756. The number of hydrogen-bond acceptors (Lipinski definition) is 3. The number of aryl methyl sites for hydroxylation is 2. The van der Waals surface area contributed by atoms with Gasteiger partial charge in [0.05, 0.1) is 22.4 Å². The van der Waals surface area contributed by atoms with E-state index in [4.69, 9.17) is 17.3 Å². The fourth-order valence-electron chi connectivity index (χ4n) is 2.13. The zero-order chi connectivity index (χ0) is 12.9. The number of nitrogen functional groups attached to an aromatic ring is 1. The minimum atomic E-state index is 0.434. The number of nitrogens with zero attached hydrogens (tertiary/aromatic N) is 4. The summed E-state index contributed by atoms with van der Waals surface area (Å²) in [4.78, 5) is 4.32. The Morgan fingerprint density at radius 2 is 2.11 bits per heavy atom. The molecular weight excluding hydrogens is 250 g/mol. The van der Waals surface area contributed by atoms with E-state index >= 15 is 0 Å². The Labute approximate surface area is 109 Å². The fraction of sp³-hybridized carbons (Fsp3) is 0.167. The molecule has 0 saturated carbocycles. The molecule has 0 bridgehead atoms. The van der Waals surface area contributed by atoms with Gasteiger partial charge in [-0.1, -0.05) is 11.6 Å². The Morgan fingerprint density at radius 1 is 1.33 bits per heavy atom. The van der Waals surface area contributed by atoms with Crippen molar-refractivity contribution in [1.82, 2.24) is 19.3 Å². The lowest BCUT2D eigenvalue weighted by Gasteiger charge is -2.04. The molecule has 0 aliphatic rings. The van der Waals surface area contributed by atoms with Crippen LogP contribution in [0.15, 0.2) is 24.4 Å². The lowest BCUT2D eigenvalue weighted by Crippen LogP contribution is -2.00. The van der Waals surface area contributed by atoms with E-state index < -0.39 is 0 Å². The van der Waals surface area contributed by atoms with E-state index in [1.54, 1.807) is 10.7 Å². The highest BCUT2D eigenvalue weighted by molar-refractivity contribution is 6.31. The van der Waals surface area contributed by atoms with Gasteiger partial charge in [0.15, 0.2) is 0 Å². The summed E-state index contributed by atoms with van der Waals surface area (Å²) in [6, 6.07) is 5.54. The molecule has 0 saturated heterocycles. The minimum Gasteiger partial charge on any atom is -0.369 e. The first-order valence-electron chi connectivity index (χ1n) is 5.50. The molecule has 6 heteroatoms. The van der Waals surface area contributed by atoms with Gasteiger partial charge in [-0.05, 0) is 25.1 Å². The number of benzene rings is 1. The quantitative estimate of drug-likeness (QED) is 0.731. The molecule has 3 rings (SSSR count). The van der Waals surface area contributed by atoms with Crippen LogP contribution in [0.1, 0.15) is 5.69 Å². The van der Waals surface area contributed by atoms with E-state index in [1.165, 1.54) is 0 Å². The van der Waals surface area contributed by atoms with Gasteiger partial charge in [-0.2, -0.15) is 5.10 Å². The molecule has 3 aromatic rings. The summed E-state index contributed by atoms with van der Waals surface area (Å²) in [7, 11) is 1.88. The normalized spacial score (nSPS) is 11.3. The molecule has 2 aromatic heterocycles. The van der Waals surface area contributed by atoms with Crippen molar-refractivity contribution in [1.29, 1.82) is 0 Å². The fourth-order valence-corrected chi connectivity index (χ4v) is 2.30. The van der Waals surface area contributed by atoms with E-state index in [1.807, 2.05) is 36.9 Å². The van der Waals surface area contributed by atoms with Gasteiger partial charge in [0.1, 0.15) is 0 Å². The van der Waals surface area contributed by atoms with Crippen molar-refractivity contribution in [2.45, 2.75) is 6.92 Å². The van der Waals surface area contributed by atoms with Crippen molar-refractivity contribution >= 4 is 28.6 Å². The zero-order valence-corrected chi connectivity index (χ0v) is 10.8. The molecular formula is C12H12ClN5. The smallest absolute Gasteiger partial charge is 0.206 e. The summed E-state index contributed by atoms with van der Waals surface area (Å²) >= 11 is 5.96. The Balaban J connectivity index is 2.35. The van der Waals surface area contributed by atoms with Crippen LogP contribution in [0.2, 0.25) is 5.02 Å². The average Bonchev–Trinajstić information content (AvgIpc) is 2.77. The highest BCUT2D eigenvalue weighted by Gasteiger charge is 2.14. The molecule has 5 nitrogen and oxygen atoms in total. The highest BCUT2D eigenvalue weighted by atomic mass is 35.5. The average molecular weight is 262 g/mol. The maximum absolute atomic E-state index is 5.99. The Kier molecular flexibility index (Phi) is 2.31. The highest BCUT2D eigenvalue weighted by Crippen LogP contribution is 2.26. The summed E-state index contributed by atoms with van der Waals surface area (Å²) in [5, 5.41) is 4.97. The number of nitrogens with two attached hydrogens (primary N) is 1. The summed E-state index contributed by atoms with van der Waals surface area (Å²) in [5.74, 6) is 0.434. The molecule has 2 N–H and O–H groups in total. The van der Waals surface area contributed by atoms with Crippen LogP contribution in [0, 0.1) is 6.92 Å². The lowest BCUT2D eigenvalue weighted by atomic mass is 10.3. The van der Waals surface area contributed by atoms with Crippen molar-refractivity contribution in [3.8, 4) is 5.69 Å². The van der Waals surface area contributed by atoms with Crippen molar-refractivity contribution in [3.05, 3.63) is 35.1 Å². The first-order valence-corrected chi connectivity index (χ1v) is 5.88. The van der Waals surface area contributed by atoms with Gasteiger partial charge in [0.25, 0.3) is 0 Å². The number of aromatic nitrogens is 4. The third kappa shape index (κ3) is 1.55. The first kappa shape index (κ1) is 11.1. The van der Waals surface area contributed by atoms with Crippen LogP contribution < -0.4 is 5.73 Å². The molecule has 0 unspecified atom stereocenters. The van der Waals surface area contributed by atoms with Crippen LogP contribution >= 0.6 is 11.6 Å². The molecule has 0 radical (unpaired) electrons. The molecule has 0 amide bonds. The number of anilines is 1. The van der Waals surface area contributed by atoms with Gasteiger partial charge in [0.2, 0.25) is 5.95 Å². The maximum Gasteiger partial charge on any atom is 0.206 e. The Hall–Kier alpha value is -2.01. The van der Waals surface area contributed by atoms with E-state index in [9.17, 15) is 0 Å². The van der Waals surface area contributed by atoms with Gasteiger partial charge in [-0.15, -0.1) is 0 Å².